The smallest absolute Gasteiger partial charge is 0.264 e. The third-order valence-corrected chi connectivity index (χ3v) is 7.08. The summed E-state index contributed by atoms with van der Waals surface area (Å²) in [6.45, 7) is 3.78. The predicted molar refractivity (Wildman–Crippen MR) is 129 cm³/mol. The van der Waals surface area contributed by atoms with Gasteiger partial charge in [-0.25, -0.2) is 8.42 Å². The van der Waals surface area contributed by atoms with Gasteiger partial charge in [0.15, 0.2) is 0 Å². The third-order valence-electron chi connectivity index (χ3n) is 4.98. The third kappa shape index (κ3) is 5.90. The van der Waals surface area contributed by atoms with Gasteiger partial charge in [-0.15, -0.1) is 0 Å². The van der Waals surface area contributed by atoms with Crippen LogP contribution in [0.4, 0.5) is 5.69 Å². The van der Waals surface area contributed by atoms with Gasteiger partial charge in [0.2, 0.25) is 5.91 Å². The first kappa shape index (κ1) is 23.8. The summed E-state index contributed by atoms with van der Waals surface area (Å²) in [5.74, 6) is -0.0628. The maximum Gasteiger partial charge on any atom is 0.264 e. The number of carbonyl (C=O) groups excluding carboxylic acids is 1. The molecule has 7 heteroatoms. The zero-order valence-corrected chi connectivity index (χ0v) is 19.7. The van der Waals surface area contributed by atoms with Crippen LogP contribution in [-0.2, 0) is 14.8 Å². The molecule has 3 aromatic rings. The molecule has 0 saturated heterocycles. The van der Waals surface area contributed by atoms with Crippen LogP contribution in [0.1, 0.15) is 31.9 Å². The SMILES string of the molecule is CC(C)CC(NC(=O)CN(c1ccccc1Cl)S(=O)(=O)c1ccccc1)c1ccccc1. The van der Waals surface area contributed by atoms with Crippen molar-refractivity contribution in [3.05, 3.63) is 95.5 Å². The molecule has 0 aromatic heterocycles. The number of hydrogen-bond donors (Lipinski definition) is 1. The van der Waals surface area contributed by atoms with E-state index in [4.69, 9.17) is 11.6 Å². The molecule has 3 rings (SSSR count). The predicted octanol–water partition coefficient (Wildman–Crippen LogP) is 5.44. The Kier molecular flexibility index (Phi) is 7.94. The number of nitrogens with zero attached hydrogens (tertiary/aromatic N) is 1. The topological polar surface area (TPSA) is 66.5 Å². The number of sulfonamides is 1. The van der Waals surface area contributed by atoms with Gasteiger partial charge < -0.3 is 5.32 Å². The van der Waals surface area contributed by atoms with Gasteiger partial charge in [-0.3, -0.25) is 9.10 Å². The van der Waals surface area contributed by atoms with E-state index in [1.807, 2.05) is 30.3 Å². The molecule has 0 saturated carbocycles. The van der Waals surface area contributed by atoms with Gasteiger partial charge in [0, 0.05) is 0 Å². The van der Waals surface area contributed by atoms with Crippen molar-refractivity contribution in [2.45, 2.75) is 31.2 Å². The van der Waals surface area contributed by atoms with E-state index in [1.54, 1.807) is 42.5 Å². The first-order valence-electron chi connectivity index (χ1n) is 10.5. The molecule has 5 nitrogen and oxygen atoms in total. The number of carbonyl (C=O) groups is 1. The number of benzene rings is 3. The number of rotatable bonds is 9. The van der Waals surface area contributed by atoms with Crippen molar-refractivity contribution >= 4 is 33.2 Å². The number of hydrogen-bond acceptors (Lipinski definition) is 3. The zero-order valence-electron chi connectivity index (χ0n) is 18.1. The van der Waals surface area contributed by atoms with E-state index in [9.17, 15) is 13.2 Å². The van der Waals surface area contributed by atoms with E-state index in [-0.39, 0.29) is 28.2 Å². The Hall–Kier alpha value is -2.83. The molecular formula is C25H27ClN2O3S. The second-order valence-corrected chi connectivity index (χ2v) is 10.2. The van der Waals surface area contributed by atoms with Crippen molar-refractivity contribution < 1.29 is 13.2 Å². The Morgan fingerprint density at radius 3 is 2.06 bits per heavy atom. The average molecular weight is 471 g/mol. The number of nitrogens with one attached hydrogen (secondary N) is 1. The van der Waals surface area contributed by atoms with Gasteiger partial charge in [0.05, 0.1) is 21.6 Å². The minimum atomic E-state index is -4.01. The molecular weight excluding hydrogens is 444 g/mol. The van der Waals surface area contributed by atoms with Gasteiger partial charge in [-0.2, -0.15) is 0 Å². The molecule has 3 aromatic carbocycles. The average Bonchev–Trinajstić information content (AvgIpc) is 2.78. The molecule has 32 heavy (non-hydrogen) atoms. The lowest BCUT2D eigenvalue weighted by atomic mass is 9.97. The van der Waals surface area contributed by atoms with Crippen LogP contribution < -0.4 is 9.62 Å². The molecule has 168 valence electrons. The molecule has 0 fully saturated rings. The van der Waals surface area contributed by atoms with Crippen molar-refractivity contribution in [1.29, 1.82) is 0 Å². The van der Waals surface area contributed by atoms with Gasteiger partial charge in [-0.05, 0) is 42.2 Å². The molecule has 0 spiro atoms. The molecule has 1 atom stereocenters. The highest BCUT2D eigenvalue weighted by Gasteiger charge is 2.29. The van der Waals surface area contributed by atoms with Crippen molar-refractivity contribution in [2.24, 2.45) is 5.92 Å². The molecule has 0 aliphatic heterocycles. The van der Waals surface area contributed by atoms with Crippen LogP contribution in [0, 0.1) is 5.92 Å². The van der Waals surface area contributed by atoms with E-state index >= 15 is 0 Å². The summed E-state index contributed by atoms with van der Waals surface area (Å²) >= 11 is 6.33. The molecule has 0 heterocycles. The highest BCUT2D eigenvalue weighted by atomic mass is 35.5. The van der Waals surface area contributed by atoms with E-state index < -0.39 is 15.9 Å². The second-order valence-electron chi connectivity index (χ2n) is 7.94. The minimum Gasteiger partial charge on any atom is -0.348 e. The molecule has 0 radical (unpaired) electrons. The summed E-state index contributed by atoms with van der Waals surface area (Å²) in [4.78, 5) is 13.2. The normalized spacial score (nSPS) is 12.4. The van der Waals surface area contributed by atoms with Crippen LogP contribution in [0.2, 0.25) is 5.02 Å². The lowest BCUT2D eigenvalue weighted by Gasteiger charge is -2.27. The summed E-state index contributed by atoms with van der Waals surface area (Å²) < 4.78 is 27.9. The summed E-state index contributed by atoms with van der Waals surface area (Å²) in [7, 11) is -4.01. The van der Waals surface area contributed by atoms with Gasteiger partial charge in [0.25, 0.3) is 10.0 Å². The fourth-order valence-corrected chi connectivity index (χ4v) is 5.23. The molecule has 1 unspecified atom stereocenters. The van der Waals surface area contributed by atoms with E-state index in [1.165, 1.54) is 12.1 Å². The number of para-hydroxylation sites is 1. The van der Waals surface area contributed by atoms with Crippen molar-refractivity contribution in [3.8, 4) is 0 Å². The first-order valence-corrected chi connectivity index (χ1v) is 12.3. The number of amides is 1. The first-order chi connectivity index (χ1) is 15.3. The standard InChI is InChI=1S/C25H27ClN2O3S/c1-19(2)17-23(20-11-5-3-6-12-20)27-25(29)18-28(24-16-10-9-15-22(24)26)32(30,31)21-13-7-4-8-14-21/h3-16,19,23H,17-18H2,1-2H3,(H,27,29). The quantitative estimate of drug-likeness (QED) is 0.453. The van der Waals surface area contributed by atoms with E-state index in [0.29, 0.717) is 5.92 Å². The Labute approximate surface area is 195 Å². The second kappa shape index (κ2) is 10.7. The Bertz CT molecular complexity index is 1140. The van der Waals surface area contributed by atoms with Gasteiger partial charge >= 0.3 is 0 Å². The summed E-state index contributed by atoms with van der Waals surface area (Å²) in [5.41, 5.74) is 1.23. The zero-order chi connectivity index (χ0) is 23.1. The number of anilines is 1. The lowest BCUT2D eigenvalue weighted by Crippen LogP contribution is -2.42. The largest absolute Gasteiger partial charge is 0.348 e. The summed E-state index contributed by atoms with van der Waals surface area (Å²) in [5, 5.41) is 3.27. The maximum atomic E-state index is 13.4. The van der Waals surface area contributed by atoms with E-state index in [0.717, 1.165) is 16.3 Å². The molecule has 0 aliphatic rings. The fraction of sp³-hybridized carbons (Fsp3) is 0.240. The van der Waals surface area contributed by atoms with Crippen molar-refractivity contribution in [1.82, 2.24) is 5.32 Å². The molecule has 1 N–H and O–H groups in total. The Morgan fingerprint density at radius 2 is 1.47 bits per heavy atom. The lowest BCUT2D eigenvalue weighted by molar-refractivity contribution is -0.120. The van der Waals surface area contributed by atoms with Crippen LogP contribution in [0.15, 0.2) is 89.8 Å². The highest BCUT2D eigenvalue weighted by molar-refractivity contribution is 7.92. The molecule has 0 bridgehead atoms. The van der Waals surface area contributed by atoms with Crippen molar-refractivity contribution in [2.75, 3.05) is 10.8 Å². The van der Waals surface area contributed by atoms with Crippen molar-refractivity contribution in [3.63, 3.8) is 0 Å². The minimum absolute atomic E-state index is 0.0921. The van der Waals surface area contributed by atoms with Gasteiger partial charge in [-0.1, -0.05) is 86.1 Å². The highest BCUT2D eigenvalue weighted by Crippen LogP contribution is 2.30. The fourth-order valence-electron chi connectivity index (χ4n) is 3.48. The van der Waals surface area contributed by atoms with E-state index in [2.05, 4.69) is 19.2 Å². The monoisotopic (exact) mass is 470 g/mol. The Balaban J connectivity index is 1.92. The molecule has 1 amide bonds. The van der Waals surface area contributed by atoms with Crippen LogP contribution in [0.25, 0.3) is 0 Å². The Morgan fingerprint density at radius 1 is 0.906 bits per heavy atom. The molecule has 0 aliphatic carbocycles. The summed E-state index contributed by atoms with van der Waals surface area (Å²) in [6.07, 6.45) is 0.729. The van der Waals surface area contributed by atoms with Crippen LogP contribution in [0.5, 0.6) is 0 Å². The van der Waals surface area contributed by atoms with Gasteiger partial charge in [0.1, 0.15) is 6.54 Å². The van der Waals surface area contributed by atoms with Crippen LogP contribution in [-0.4, -0.2) is 20.9 Å². The maximum absolute atomic E-state index is 13.4. The van der Waals surface area contributed by atoms with Crippen LogP contribution >= 0.6 is 11.6 Å². The summed E-state index contributed by atoms with van der Waals surface area (Å²) in [6, 6.07) is 24.1. The number of halogens is 1. The van der Waals surface area contributed by atoms with Crippen LogP contribution in [0.3, 0.4) is 0 Å².